The van der Waals surface area contributed by atoms with Gasteiger partial charge in [-0.05, 0) is 19.3 Å². The van der Waals surface area contributed by atoms with Crippen molar-refractivity contribution in [2.24, 2.45) is 13.0 Å². The van der Waals surface area contributed by atoms with E-state index in [-0.39, 0.29) is 18.4 Å². The molecule has 1 unspecified atom stereocenters. The Labute approximate surface area is 118 Å². The fourth-order valence-electron chi connectivity index (χ4n) is 1.80. The van der Waals surface area contributed by atoms with Crippen LogP contribution in [0.1, 0.15) is 31.0 Å². The number of carboxylic acids is 1. The van der Waals surface area contributed by atoms with E-state index in [2.05, 4.69) is 15.7 Å². The number of nitrogens with zero attached hydrogens (tertiary/aromatic N) is 2. The summed E-state index contributed by atoms with van der Waals surface area (Å²) in [4.78, 5) is 22.0. The summed E-state index contributed by atoms with van der Waals surface area (Å²) < 4.78 is 1.71. The molecule has 0 bridgehead atoms. The highest BCUT2D eigenvalue weighted by molar-refractivity contribution is 5.73. The second-order valence-electron chi connectivity index (χ2n) is 5.01. The van der Waals surface area contributed by atoms with Crippen molar-refractivity contribution in [3.8, 4) is 0 Å². The van der Waals surface area contributed by atoms with Crippen LogP contribution in [0, 0.1) is 12.8 Å². The maximum absolute atomic E-state index is 11.6. The SMILES string of the molecule is Cc1nn(C)cc1CNC(=O)NCC(C)CCC(=O)O. The van der Waals surface area contributed by atoms with Crippen LogP contribution in [-0.2, 0) is 18.4 Å². The third-order valence-corrected chi connectivity index (χ3v) is 3.02. The first kappa shape index (κ1) is 16.0. The van der Waals surface area contributed by atoms with E-state index in [0.717, 1.165) is 11.3 Å². The van der Waals surface area contributed by atoms with Crippen molar-refractivity contribution in [2.45, 2.75) is 33.2 Å². The maximum Gasteiger partial charge on any atom is 0.315 e. The number of aryl methyl sites for hydroxylation is 2. The van der Waals surface area contributed by atoms with Gasteiger partial charge in [0.15, 0.2) is 0 Å². The van der Waals surface area contributed by atoms with Gasteiger partial charge >= 0.3 is 12.0 Å². The zero-order valence-corrected chi connectivity index (χ0v) is 12.1. The third kappa shape index (κ3) is 5.73. The lowest BCUT2D eigenvalue weighted by Gasteiger charge is -2.12. The number of carbonyl (C=O) groups excluding carboxylic acids is 1. The van der Waals surface area contributed by atoms with Crippen LogP contribution in [-0.4, -0.2) is 33.4 Å². The third-order valence-electron chi connectivity index (χ3n) is 3.02. The van der Waals surface area contributed by atoms with Crippen molar-refractivity contribution < 1.29 is 14.7 Å². The molecule has 1 heterocycles. The van der Waals surface area contributed by atoms with E-state index >= 15 is 0 Å². The van der Waals surface area contributed by atoms with Gasteiger partial charge in [-0.2, -0.15) is 5.10 Å². The molecule has 3 N–H and O–H groups in total. The average Bonchev–Trinajstić information content (AvgIpc) is 2.69. The highest BCUT2D eigenvalue weighted by atomic mass is 16.4. The molecule has 112 valence electrons. The molecule has 7 nitrogen and oxygen atoms in total. The Hall–Kier alpha value is -2.05. The predicted octanol–water partition coefficient (Wildman–Crippen LogP) is 1.03. The van der Waals surface area contributed by atoms with Crippen LogP contribution in [0.4, 0.5) is 4.79 Å². The Morgan fingerprint density at radius 3 is 2.70 bits per heavy atom. The highest BCUT2D eigenvalue weighted by Gasteiger charge is 2.08. The van der Waals surface area contributed by atoms with Gasteiger partial charge in [-0.1, -0.05) is 6.92 Å². The number of nitrogens with one attached hydrogen (secondary N) is 2. The van der Waals surface area contributed by atoms with Crippen molar-refractivity contribution in [1.29, 1.82) is 0 Å². The number of rotatable bonds is 7. The number of carbonyl (C=O) groups is 2. The number of urea groups is 1. The van der Waals surface area contributed by atoms with Crippen molar-refractivity contribution in [3.05, 3.63) is 17.5 Å². The molecule has 1 aromatic heterocycles. The number of hydrogen-bond acceptors (Lipinski definition) is 3. The van der Waals surface area contributed by atoms with Gasteiger partial charge in [-0.3, -0.25) is 9.48 Å². The van der Waals surface area contributed by atoms with E-state index < -0.39 is 5.97 Å². The average molecular weight is 282 g/mol. The van der Waals surface area contributed by atoms with Gasteiger partial charge in [-0.15, -0.1) is 0 Å². The largest absolute Gasteiger partial charge is 0.481 e. The normalized spacial score (nSPS) is 11.9. The number of carboxylic acid groups (broad SMARTS) is 1. The van der Waals surface area contributed by atoms with E-state index in [0.29, 0.717) is 19.5 Å². The number of aliphatic carboxylic acids is 1. The zero-order valence-electron chi connectivity index (χ0n) is 12.1. The number of aromatic nitrogens is 2. The molecule has 0 saturated carbocycles. The Kier molecular flexibility index (Phi) is 6.02. The Balaban J connectivity index is 2.23. The van der Waals surface area contributed by atoms with Crippen LogP contribution in [0.5, 0.6) is 0 Å². The van der Waals surface area contributed by atoms with E-state index in [1.807, 2.05) is 27.1 Å². The molecule has 0 aliphatic carbocycles. The molecule has 1 aromatic rings. The van der Waals surface area contributed by atoms with Crippen LogP contribution < -0.4 is 10.6 Å². The molecule has 1 atom stereocenters. The van der Waals surface area contributed by atoms with Crippen molar-refractivity contribution in [1.82, 2.24) is 20.4 Å². The molecule has 1 rings (SSSR count). The molecule has 0 aliphatic heterocycles. The topological polar surface area (TPSA) is 96.3 Å². The lowest BCUT2D eigenvalue weighted by Crippen LogP contribution is -2.37. The Morgan fingerprint density at radius 2 is 2.15 bits per heavy atom. The van der Waals surface area contributed by atoms with E-state index in [9.17, 15) is 9.59 Å². The summed E-state index contributed by atoms with van der Waals surface area (Å²) in [7, 11) is 1.83. The number of hydrogen-bond donors (Lipinski definition) is 3. The molecule has 2 amide bonds. The van der Waals surface area contributed by atoms with E-state index in [4.69, 9.17) is 5.11 Å². The molecule has 20 heavy (non-hydrogen) atoms. The lowest BCUT2D eigenvalue weighted by molar-refractivity contribution is -0.137. The van der Waals surface area contributed by atoms with E-state index in [1.165, 1.54) is 0 Å². The first-order valence-corrected chi connectivity index (χ1v) is 6.61. The quantitative estimate of drug-likeness (QED) is 0.696. The number of amides is 2. The molecule has 0 saturated heterocycles. The van der Waals surface area contributed by atoms with Gasteiger partial charge in [0, 0.05) is 38.3 Å². The van der Waals surface area contributed by atoms with Gasteiger partial charge in [0.25, 0.3) is 0 Å². The Bertz CT molecular complexity index is 470. The van der Waals surface area contributed by atoms with Crippen LogP contribution in [0.2, 0.25) is 0 Å². The Morgan fingerprint density at radius 1 is 1.45 bits per heavy atom. The summed E-state index contributed by atoms with van der Waals surface area (Å²) in [6.07, 6.45) is 2.54. The van der Waals surface area contributed by atoms with Crippen molar-refractivity contribution in [3.63, 3.8) is 0 Å². The summed E-state index contributed by atoms with van der Waals surface area (Å²) in [6, 6.07) is -0.254. The molecule has 0 radical (unpaired) electrons. The molecule has 0 aliphatic rings. The predicted molar refractivity (Wildman–Crippen MR) is 74.2 cm³/mol. The molecule has 7 heteroatoms. The minimum absolute atomic E-state index is 0.124. The summed E-state index contributed by atoms with van der Waals surface area (Å²) in [5, 5.41) is 18.2. The molecular weight excluding hydrogens is 260 g/mol. The fourth-order valence-corrected chi connectivity index (χ4v) is 1.80. The van der Waals surface area contributed by atoms with Crippen LogP contribution in [0.15, 0.2) is 6.20 Å². The van der Waals surface area contributed by atoms with Gasteiger partial charge in [0.05, 0.1) is 5.69 Å². The molecule has 0 aromatic carbocycles. The van der Waals surface area contributed by atoms with E-state index in [1.54, 1.807) is 4.68 Å². The second kappa shape index (κ2) is 7.52. The highest BCUT2D eigenvalue weighted by Crippen LogP contribution is 2.05. The van der Waals surface area contributed by atoms with Gasteiger partial charge in [-0.25, -0.2) is 4.79 Å². The summed E-state index contributed by atoms with van der Waals surface area (Å²) >= 11 is 0. The molecular formula is C13H22N4O3. The van der Waals surface area contributed by atoms with Crippen LogP contribution >= 0.6 is 0 Å². The zero-order chi connectivity index (χ0) is 15.1. The first-order chi connectivity index (χ1) is 9.38. The van der Waals surface area contributed by atoms with Crippen molar-refractivity contribution >= 4 is 12.0 Å². The fraction of sp³-hybridized carbons (Fsp3) is 0.615. The van der Waals surface area contributed by atoms with Crippen molar-refractivity contribution in [2.75, 3.05) is 6.54 Å². The van der Waals surface area contributed by atoms with Gasteiger partial charge in [0.2, 0.25) is 0 Å². The van der Waals surface area contributed by atoms with Crippen LogP contribution in [0.25, 0.3) is 0 Å². The summed E-state index contributed by atoms with van der Waals surface area (Å²) in [6.45, 7) is 4.69. The first-order valence-electron chi connectivity index (χ1n) is 6.61. The molecule has 0 fully saturated rings. The standard InChI is InChI=1S/C13H22N4O3/c1-9(4-5-12(18)19)6-14-13(20)15-7-11-8-17(3)16-10(11)2/h8-9H,4-7H2,1-3H3,(H,18,19)(H2,14,15,20). The van der Waals surface area contributed by atoms with Gasteiger partial charge in [0.1, 0.15) is 0 Å². The maximum atomic E-state index is 11.6. The second-order valence-corrected chi connectivity index (χ2v) is 5.01. The summed E-state index contributed by atoms with van der Waals surface area (Å²) in [5.41, 5.74) is 1.87. The minimum Gasteiger partial charge on any atom is -0.481 e. The minimum atomic E-state index is -0.812. The summed E-state index contributed by atoms with van der Waals surface area (Å²) in [5.74, 6) is -0.676. The van der Waals surface area contributed by atoms with Crippen LogP contribution in [0.3, 0.4) is 0 Å². The molecule has 0 spiro atoms. The van der Waals surface area contributed by atoms with Gasteiger partial charge < -0.3 is 15.7 Å². The lowest BCUT2D eigenvalue weighted by atomic mass is 10.1. The monoisotopic (exact) mass is 282 g/mol. The smallest absolute Gasteiger partial charge is 0.315 e.